The van der Waals surface area contributed by atoms with Crippen LogP contribution in [-0.2, 0) is 32.5 Å². The van der Waals surface area contributed by atoms with E-state index in [0.717, 1.165) is 41.2 Å². The molecule has 1 amide bonds. The van der Waals surface area contributed by atoms with Gasteiger partial charge < -0.3 is 19.7 Å². The smallest absolute Gasteiger partial charge is 0.251 e. The molecule has 0 radical (unpaired) electrons. The lowest BCUT2D eigenvalue weighted by molar-refractivity contribution is -0.00545. The first-order chi connectivity index (χ1) is 20.2. The lowest BCUT2D eigenvalue weighted by atomic mass is 10.1. The molecule has 1 aromatic carbocycles. The molecule has 1 N–H and O–H groups in total. The molecular weight excluding hydrogens is 554 g/mol. The van der Waals surface area contributed by atoms with Gasteiger partial charge in [-0.15, -0.1) is 0 Å². The van der Waals surface area contributed by atoms with Crippen molar-refractivity contribution in [2.24, 2.45) is 0 Å². The molecule has 10 nitrogen and oxygen atoms in total. The maximum Gasteiger partial charge on any atom is 0.251 e. The van der Waals surface area contributed by atoms with Gasteiger partial charge in [0.15, 0.2) is 9.84 Å². The number of rotatable bonds is 5. The Kier molecular flexibility index (Phi) is 7.65. The van der Waals surface area contributed by atoms with E-state index in [2.05, 4.69) is 29.0 Å². The van der Waals surface area contributed by atoms with Gasteiger partial charge in [0.2, 0.25) is 0 Å². The highest BCUT2D eigenvalue weighted by molar-refractivity contribution is 7.92. The summed E-state index contributed by atoms with van der Waals surface area (Å²) in [5, 5.41) is 3.04. The highest BCUT2D eigenvalue weighted by atomic mass is 32.2. The Morgan fingerprint density at radius 3 is 2.60 bits per heavy atom. The maximum atomic E-state index is 13.0. The molecule has 1 saturated heterocycles. The largest absolute Gasteiger partial charge is 0.375 e. The number of nitrogens with zero attached hydrogens (tertiary/aromatic N) is 4. The molecule has 42 heavy (non-hydrogen) atoms. The number of morpholine rings is 1. The fraction of sp³-hybridized carbons (Fsp3) is 0.355. The van der Waals surface area contributed by atoms with Crippen LogP contribution in [0.1, 0.15) is 42.4 Å². The molecule has 4 aromatic rings. The third-order valence-electron chi connectivity index (χ3n) is 7.58. The van der Waals surface area contributed by atoms with E-state index in [-0.39, 0.29) is 48.3 Å². The molecule has 0 spiro atoms. The Bertz CT molecular complexity index is 1750. The molecule has 5 heterocycles. The molecule has 1 fully saturated rings. The van der Waals surface area contributed by atoms with Gasteiger partial charge in [-0.1, -0.05) is 12.1 Å². The van der Waals surface area contributed by atoms with E-state index in [0.29, 0.717) is 11.3 Å². The minimum Gasteiger partial charge on any atom is -0.375 e. The van der Waals surface area contributed by atoms with Crippen molar-refractivity contribution in [3.8, 4) is 11.4 Å². The molecule has 2 aliphatic heterocycles. The van der Waals surface area contributed by atoms with Crippen molar-refractivity contribution in [1.29, 1.82) is 0 Å². The fourth-order valence-corrected chi connectivity index (χ4v) is 6.89. The lowest BCUT2D eigenvalue weighted by Crippen LogP contribution is -2.45. The summed E-state index contributed by atoms with van der Waals surface area (Å²) in [5.41, 5.74) is 3.70. The minimum absolute atomic E-state index is 0.121. The summed E-state index contributed by atoms with van der Waals surface area (Å²) in [6, 6.07) is 16.4. The summed E-state index contributed by atoms with van der Waals surface area (Å²) in [4.78, 5) is 29.6. The number of hydrogen-bond acceptors (Lipinski definition) is 9. The molecule has 6 rings (SSSR count). The predicted molar refractivity (Wildman–Crippen MR) is 159 cm³/mol. The van der Waals surface area contributed by atoms with Gasteiger partial charge in [-0.3, -0.25) is 9.78 Å². The average molecular weight is 588 g/mol. The number of pyridine rings is 3. The van der Waals surface area contributed by atoms with Crippen molar-refractivity contribution >= 4 is 32.5 Å². The van der Waals surface area contributed by atoms with Crippen LogP contribution in [0.3, 0.4) is 0 Å². The van der Waals surface area contributed by atoms with E-state index in [1.54, 1.807) is 25.3 Å². The minimum atomic E-state index is -3.58. The summed E-state index contributed by atoms with van der Waals surface area (Å²) >= 11 is 0. The Balaban J connectivity index is 1.19. The molecule has 0 bridgehead atoms. The van der Waals surface area contributed by atoms with Crippen molar-refractivity contribution in [3.63, 3.8) is 0 Å². The normalized spacial score (nSPS) is 21.9. The summed E-state index contributed by atoms with van der Waals surface area (Å²) in [6.45, 7) is 7.78. The average Bonchev–Trinajstić information content (AvgIpc) is 3.09. The fourth-order valence-electron chi connectivity index (χ4n) is 5.40. The molecule has 0 saturated carbocycles. The highest BCUT2D eigenvalue weighted by Gasteiger charge is 2.30. The van der Waals surface area contributed by atoms with E-state index in [4.69, 9.17) is 19.4 Å². The summed E-state index contributed by atoms with van der Waals surface area (Å²) < 4.78 is 37.2. The number of carbonyl (C=O) groups excluding carboxylic acids is 1. The van der Waals surface area contributed by atoms with Gasteiger partial charge >= 0.3 is 0 Å². The van der Waals surface area contributed by atoms with Gasteiger partial charge in [0.05, 0.1) is 64.7 Å². The maximum absolute atomic E-state index is 13.0. The number of hydrogen-bond donors (Lipinski definition) is 1. The van der Waals surface area contributed by atoms with E-state index in [1.807, 2.05) is 36.4 Å². The summed E-state index contributed by atoms with van der Waals surface area (Å²) in [7, 11) is -3.58. The topological polar surface area (TPSA) is 124 Å². The summed E-state index contributed by atoms with van der Waals surface area (Å²) in [6.07, 6.45) is 1.99. The molecule has 3 atom stereocenters. The van der Waals surface area contributed by atoms with Gasteiger partial charge in [0, 0.05) is 30.2 Å². The van der Waals surface area contributed by atoms with Gasteiger partial charge in [-0.2, -0.15) is 0 Å². The van der Waals surface area contributed by atoms with E-state index in [1.165, 1.54) is 6.07 Å². The number of amides is 1. The molecule has 2 aliphatic rings. The second-order valence-corrected chi connectivity index (χ2v) is 13.3. The van der Waals surface area contributed by atoms with E-state index in [9.17, 15) is 13.2 Å². The number of anilines is 1. The number of ether oxygens (including phenoxy) is 2. The second-order valence-electron chi connectivity index (χ2n) is 11.0. The van der Waals surface area contributed by atoms with Crippen LogP contribution in [0.5, 0.6) is 0 Å². The zero-order valence-electron chi connectivity index (χ0n) is 23.8. The Hall–Kier alpha value is -3.93. The summed E-state index contributed by atoms with van der Waals surface area (Å²) in [5.74, 6) is 0.504. The van der Waals surface area contributed by atoms with Crippen LogP contribution in [0.15, 0.2) is 65.7 Å². The lowest BCUT2D eigenvalue weighted by Gasteiger charge is -2.36. The van der Waals surface area contributed by atoms with Crippen LogP contribution >= 0.6 is 0 Å². The molecule has 3 aromatic heterocycles. The second kappa shape index (κ2) is 11.4. The van der Waals surface area contributed by atoms with Crippen LogP contribution in [0, 0.1) is 0 Å². The number of sulfone groups is 1. The monoisotopic (exact) mass is 587 g/mol. The van der Waals surface area contributed by atoms with Crippen LogP contribution < -0.4 is 10.2 Å². The zero-order chi connectivity index (χ0) is 29.4. The first-order valence-corrected chi connectivity index (χ1v) is 15.6. The van der Waals surface area contributed by atoms with E-state index < -0.39 is 15.1 Å². The van der Waals surface area contributed by atoms with Crippen LogP contribution in [0.2, 0.25) is 0 Å². The highest BCUT2D eigenvalue weighted by Crippen LogP contribution is 2.27. The van der Waals surface area contributed by atoms with Crippen molar-refractivity contribution in [3.05, 3.63) is 77.6 Å². The van der Waals surface area contributed by atoms with Gasteiger partial charge in [0.25, 0.3) is 5.91 Å². The number of nitrogens with one attached hydrogen (secondary N) is 1. The van der Waals surface area contributed by atoms with Gasteiger partial charge in [-0.05, 0) is 68.8 Å². The third kappa shape index (κ3) is 5.72. The molecular formula is C31H33N5O5S. The predicted octanol–water partition coefficient (Wildman–Crippen LogP) is 3.93. The molecule has 0 aliphatic carbocycles. The number of fused-ring (bicyclic) bond motifs is 2. The Morgan fingerprint density at radius 1 is 1.00 bits per heavy atom. The first kappa shape index (κ1) is 28.2. The molecule has 11 heteroatoms. The quantitative estimate of drug-likeness (QED) is 0.370. The van der Waals surface area contributed by atoms with Crippen LogP contribution in [0.4, 0.5) is 5.82 Å². The first-order valence-electron chi connectivity index (χ1n) is 14.0. The van der Waals surface area contributed by atoms with Crippen molar-refractivity contribution < 1.29 is 22.7 Å². The number of aromatic nitrogens is 3. The van der Waals surface area contributed by atoms with Crippen molar-refractivity contribution in [1.82, 2.24) is 20.3 Å². The van der Waals surface area contributed by atoms with Crippen molar-refractivity contribution in [2.45, 2.75) is 56.3 Å². The Labute approximate surface area is 245 Å². The molecule has 218 valence electrons. The van der Waals surface area contributed by atoms with Gasteiger partial charge in [0.1, 0.15) is 5.82 Å². The Morgan fingerprint density at radius 2 is 1.79 bits per heavy atom. The van der Waals surface area contributed by atoms with Crippen LogP contribution in [0.25, 0.3) is 22.3 Å². The number of carbonyl (C=O) groups is 1. The van der Waals surface area contributed by atoms with Gasteiger partial charge in [-0.25, -0.2) is 18.4 Å². The SMILES string of the molecule is C[C@@H]1CN(c2cccc(-c3ccc4cnc(CNC(=O)c5ccc6c(c5)S(=O)(=O)[C@H](C)COC6)cc4n3)n2)C[C@H](C)O1. The number of benzene rings is 1. The molecule has 0 unspecified atom stereocenters. The standard InChI is InChI=1S/C31H33N5O5S/c1-19-15-36(16-20(2)41-19)30-6-4-5-26(35-30)27-10-9-23-13-32-25(12-28(23)34-27)14-33-31(37)22-7-8-24-18-40-17-21(3)42(38,39)29(24)11-22/h4-13,19-21H,14-18H2,1-3H3,(H,33,37)/t19-,20+,21-/m1/s1. The van der Waals surface area contributed by atoms with E-state index >= 15 is 0 Å². The third-order valence-corrected chi connectivity index (χ3v) is 9.77. The zero-order valence-corrected chi connectivity index (χ0v) is 24.6. The van der Waals surface area contributed by atoms with Crippen LogP contribution in [-0.4, -0.2) is 66.4 Å². The van der Waals surface area contributed by atoms with Crippen molar-refractivity contribution in [2.75, 3.05) is 24.6 Å².